The van der Waals surface area contributed by atoms with Crippen LogP contribution in [-0.4, -0.2) is 52.1 Å². The van der Waals surface area contributed by atoms with Crippen LogP contribution in [0.4, 0.5) is 5.82 Å². The van der Waals surface area contributed by atoms with Crippen molar-refractivity contribution >= 4 is 5.82 Å². The summed E-state index contributed by atoms with van der Waals surface area (Å²) >= 11 is 0. The summed E-state index contributed by atoms with van der Waals surface area (Å²) < 4.78 is 1.71. The molecule has 2 rings (SSSR count). The molecule has 1 aliphatic rings. The summed E-state index contributed by atoms with van der Waals surface area (Å²) in [6.07, 6.45) is 1.34. The van der Waals surface area contributed by atoms with Crippen LogP contribution in [0.3, 0.4) is 0 Å². The average molecular weight is 253 g/mol. The smallest absolute Gasteiger partial charge is 0.343 e. The molecule has 18 heavy (non-hydrogen) atoms. The highest BCUT2D eigenvalue weighted by Gasteiger charge is 2.24. The van der Waals surface area contributed by atoms with Gasteiger partial charge in [0.05, 0.1) is 0 Å². The highest BCUT2D eigenvalue weighted by atomic mass is 16.6. The molecule has 1 unspecified atom stereocenters. The van der Waals surface area contributed by atoms with E-state index in [2.05, 4.69) is 15.2 Å². The third kappa shape index (κ3) is 2.68. The van der Waals surface area contributed by atoms with E-state index in [-0.39, 0.29) is 16.8 Å². The number of aryl methyl sites for hydroxylation is 1. The maximum Gasteiger partial charge on any atom is 0.343 e. The molecule has 1 atom stereocenters. The highest BCUT2D eigenvalue weighted by molar-refractivity contribution is 5.20. The molecule has 1 saturated heterocycles. The van der Waals surface area contributed by atoms with Gasteiger partial charge in [-0.05, 0) is 11.8 Å². The van der Waals surface area contributed by atoms with E-state index in [1.54, 1.807) is 11.5 Å². The Kier molecular flexibility index (Phi) is 3.93. The third-order valence-corrected chi connectivity index (χ3v) is 3.32. The molecule has 0 radical (unpaired) electrons. The van der Waals surface area contributed by atoms with Crippen molar-refractivity contribution in [1.82, 2.24) is 19.8 Å². The monoisotopic (exact) mass is 253 g/mol. The van der Waals surface area contributed by atoms with Gasteiger partial charge >= 0.3 is 5.82 Å². The summed E-state index contributed by atoms with van der Waals surface area (Å²) in [5, 5.41) is 14.2. The average Bonchev–Trinajstić information content (AvgIpc) is 2.72. The van der Waals surface area contributed by atoms with Crippen molar-refractivity contribution < 1.29 is 4.92 Å². The zero-order valence-electron chi connectivity index (χ0n) is 10.8. The Morgan fingerprint density at radius 2 is 2.22 bits per heavy atom. The summed E-state index contributed by atoms with van der Waals surface area (Å²) in [5.41, 5.74) is 0. The zero-order valence-corrected chi connectivity index (χ0v) is 10.8. The summed E-state index contributed by atoms with van der Waals surface area (Å²) in [6, 6.07) is 0.0611. The summed E-state index contributed by atoms with van der Waals surface area (Å²) in [4.78, 5) is 17.0. The lowest BCUT2D eigenvalue weighted by Gasteiger charge is -2.28. The highest BCUT2D eigenvalue weighted by Crippen LogP contribution is 2.20. The van der Waals surface area contributed by atoms with Crippen LogP contribution >= 0.6 is 0 Å². The molecule has 7 nitrogen and oxygen atoms in total. The first-order valence-corrected chi connectivity index (χ1v) is 6.21. The molecular formula is C11H19N5O2. The van der Waals surface area contributed by atoms with Crippen molar-refractivity contribution in [3.63, 3.8) is 0 Å². The van der Waals surface area contributed by atoms with Crippen molar-refractivity contribution in [2.75, 3.05) is 32.7 Å². The summed E-state index contributed by atoms with van der Waals surface area (Å²) in [5.74, 6) is 0.777. The molecule has 0 aliphatic carbocycles. The van der Waals surface area contributed by atoms with Gasteiger partial charge in [0.2, 0.25) is 0 Å². The molecule has 0 saturated carbocycles. The Morgan fingerprint density at radius 1 is 1.56 bits per heavy atom. The fourth-order valence-corrected chi connectivity index (χ4v) is 2.47. The first kappa shape index (κ1) is 13.0. The molecule has 1 fully saturated rings. The fraction of sp³-hybridized carbons (Fsp3) is 0.727. The van der Waals surface area contributed by atoms with E-state index in [0.29, 0.717) is 5.82 Å². The molecule has 0 aromatic carbocycles. The molecule has 7 heteroatoms. The van der Waals surface area contributed by atoms with Crippen LogP contribution in [0.5, 0.6) is 0 Å². The van der Waals surface area contributed by atoms with E-state index in [1.165, 1.54) is 6.20 Å². The van der Waals surface area contributed by atoms with Gasteiger partial charge in [0, 0.05) is 39.6 Å². The number of nitrogens with zero attached hydrogens (tertiary/aromatic N) is 4. The van der Waals surface area contributed by atoms with Gasteiger partial charge < -0.3 is 15.4 Å². The molecule has 0 bridgehead atoms. The molecule has 0 amide bonds. The zero-order chi connectivity index (χ0) is 13.1. The van der Waals surface area contributed by atoms with E-state index in [1.807, 2.05) is 6.92 Å². The lowest BCUT2D eigenvalue weighted by molar-refractivity contribution is -0.392. The van der Waals surface area contributed by atoms with Crippen LogP contribution in [0.25, 0.3) is 0 Å². The van der Waals surface area contributed by atoms with Gasteiger partial charge in [-0.25, -0.2) is 9.55 Å². The Morgan fingerprint density at radius 3 is 2.83 bits per heavy atom. The van der Waals surface area contributed by atoms with E-state index in [4.69, 9.17) is 0 Å². The molecule has 1 aromatic heterocycles. The number of hydrogen-bond acceptors (Lipinski definition) is 5. The van der Waals surface area contributed by atoms with Crippen LogP contribution in [0.1, 0.15) is 18.8 Å². The molecule has 1 N–H and O–H groups in total. The number of hydrogen-bond donors (Lipinski definition) is 1. The van der Waals surface area contributed by atoms with Gasteiger partial charge in [-0.1, -0.05) is 0 Å². The van der Waals surface area contributed by atoms with E-state index < -0.39 is 0 Å². The van der Waals surface area contributed by atoms with Gasteiger partial charge in [0.15, 0.2) is 5.82 Å². The normalized spacial score (nSPS) is 18.8. The van der Waals surface area contributed by atoms with Crippen LogP contribution in [0, 0.1) is 17.0 Å². The number of nitrogens with one attached hydrogen (secondary N) is 1. The first-order valence-electron chi connectivity index (χ1n) is 6.21. The number of imidazole rings is 1. The third-order valence-electron chi connectivity index (χ3n) is 3.32. The lowest BCUT2D eigenvalue weighted by atomic mass is 10.2. The van der Waals surface area contributed by atoms with Crippen LogP contribution < -0.4 is 5.32 Å². The Balaban J connectivity index is 2.10. The number of aromatic nitrogens is 2. The Hall–Kier alpha value is -1.47. The van der Waals surface area contributed by atoms with Gasteiger partial charge in [0.1, 0.15) is 12.2 Å². The van der Waals surface area contributed by atoms with E-state index in [0.717, 1.165) is 32.7 Å². The molecule has 1 aromatic rings. The Labute approximate surface area is 106 Å². The topological polar surface area (TPSA) is 76.2 Å². The van der Waals surface area contributed by atoms with Crippen molar-refractivity contribution in [2.24, 2.45) is 0 Å². The Bertz CT molecular complexity index is 425. The second-order valence-corrected chi connectivity index (χ2v) is 4.69. The first-order chi connectivity index (χ1) is 8.59. The second-order valence-electron chi connectivity index (χ2n) is 4.69. The van der Waals surface area contributed by atoms with Crippen molar-refractivity contribution in [2.45, 2.75) is 19.9 Å². The van der Waals surface area contributed by atoms with Gasteiger partial charge in [-0.15, -0.1) is 0 Å². The van der Waals surface area contributed by atoms with E-state index in [9.17, 15) is 10.1 Å². The molecule has 1 aliphatic heterocycles. The summed E-state index contributed by atoms with van der Waals surface area (Å²) in [7, 11) is 0. The van der Waals surface area contributed by atoms with Crippen molar-refractivity contribution in [3.8, 4) is 0 Å². The standard InChI is InChI=1S/C11H19N5O2/c1-9(8-14-5-3-12-4-6-14)15-10(2)13-7-11(15)16(17)18/h7,9,12H,3-6,8H2,1-2H3. The maximum atomic E-state index is 11.0. The molecular weight excluding hydrogens is 234 g/mol. The molecule has 2 heterocycles. The van der Waals surface area contributed by atoms with Gasteiger partial charge in [-0.3, -0.25) is 4.90 Å². The fourth-order valence-electron chi connectivity index (χ4n) is 2.47. The molecule has 100 valence electrons. The van der Waals surface area contributed by atoms with Gasteiger partial charge in [-0.2, -0.15) is 0 Å². The van der Waals surface area contributed by atoms with Gasteiger partial charge in [0.25, 0.3) is 0 Å². The van der Waals surface area contributed by atoms with Crippen LogP contribution in [0.2, 0.25) is 0 Å². The largest absolute Gasteiger partial charge is 0.358 e. The number of nitro groups is 1. The predicted octanol–water partition coefficient (Wildman–Crippen LogP) is 0.566. The SMILES string of the molecule is Cc1ncc([N+](=O)[O-])n1C(C)CN1CCNCC1. The lowest BCUT2D eigenvalue weighted by Crippen LogP contribution is -2.45. The van der Waals surface area contributed by atoms with Crippen LogP contribution in [0.15, 0.2) is 6.20 Å². The molecule has 0 spiro atoms. The second kappa shape index (κ2) is 5.45. The van der Waals surface area contributed by atoms with E-state index >= 15 is 0 Å². The predicted molar refractivity (Wildman–Crippen MR) is 67.6 cm³/mol. The number of piperazine rings is 1. The van der Waals surface area contributed by atoms with Crippen molar-refractivity contribution in [3.05, 3.63) is 22.1 Å². The summed E-state index contributed by atoms with van der Waals surface area (Å²) in [6.45, 7) is 8.58. The van der Waals surface area contributed by atoms with Crippen LogP contribution in [-0.2, 0) is 0 Å². The van der Waals surface area contributed by atoms with Crippen molar-refractivity contribution in [1.29, 1.82) is 0 Å². The quantitative estimate of drug-likeness (QED) is 0.627. The minimum Gasteiger partial charge on any atom is -0.358 e. The number of rotatable bonds is 4. The minimum atomic E-state index is -0.367. The minimum absolute atomic E-state index is 0.0611. The maximum absolute atomic E-state index is 11.0.